The molecule has 7 nitrogen and oxygen atoms in total. The summed E-state index contributed by atoms with van der Waals surface area (Å²) in [6.45, 7) is 0.422. The summed E-state index contributed by atoms with van der Waals surface area (Å²) in [5.41, 5.74) is 4.77. The molecule has 0 heterocycles. The molecule has 0 saturated carbocycles. The largest absolute Gasteiger partial charge is 0.493 e. The van der Waals surface area contributed by atoms with Gasteiger partial charge in [0, 0.05) is 23.6 Å². The van der Waals surface area contributed by atoms with Crippen LogP contribution < -0.4 is 20.2 Å². The SMILES string of the molecule is COc1cc(C=NNC(=O)CCC(=O)Nc2cccc(Cl)c2)ccc1OCc1ccccc1. The first-order valence-electron chi connectivity index (χ1n) is 10.3. The lowest BCUT2D eigenvalue weighted by atomic mass is 10.2. The second kappa shape index (κ2) is 12.3. The van der Waals surface area contributed by atoms with Crippen molar-refractivity contribution < 1.29 is 19.1 Å². The Bertz CT molecular complexity index is 1120. The molecule has 170 valence electrons. The van der Waals surface area contributed by atoms with Crippen LogP contribution in [0.2, 0.25) is 5.02 Å². The second-order valence-corrected chi connectivity index (χ2v) is 7.47. The standard InChI is InChI=1S/C25H24ClN3O4/c1-32-23-14-19(10-11-22(23)33-17-18-6-3-2-4-7-18)16-27-29-25(31)13-12-24(30)28-21-9-5-8-20(26)15-21/h2-11,14-16H,12-13,17H2,1H3,(H,28,30)(H,29,31). The topological polar surface area (TPSA) is 89.0 Å². The molecule has 3 aromatic carbocycles. The van der Waals surface area contributed by atoms with Crippen LogP contribution in [0.15, 0.2) is 77.9 Å². The van der Waals surface area contributed by atoms with Gasteiger partial charge in [-0.05, 0) is 47.5 Å². The third-order valence-corrected chi connectivity index (χ3v) is 4.75. The summed E-state index contributed by atoms with van der Waals surface area (Å²) in [7, 11) is 1.56. The maximum Gasteiger partial charge on any atom is 0.240 e. The summed E-state index contributed by atoms with van der Waals surface area (Å²) in [5.74, 6) is 0.502. The van der Waals surface area contributed by atoms with Crippen LogP contribution in [0.1, 0.15) is 24.0 Å². The highest BCUT2D eigenvalue weighted by atomic mass is 35.5. The van der Waals surface area contributed by atoms with E-state index in [2.05, 4.69) is 15.8 Å². The van der Waals surface area contributed by atoms with Crippen LogP contribution in [-0.4, -0.2) is 25.1 Å². The van der Waals surface area contributed by atoms with E-state index >= 15 is 0 Å². The van der Waals surface area contributed by atoms with Crippen molar-refractivity contribution in [3.05, 3.63) is 88.9 Å². The molecule has 0 unspecified atom stereocenters. The van der Waals surface area contributed by atoms with Gasteiger partial charge in [0.25, 0.3) is 0 Å². The number of nitrogens with one attached hydrogen (secondary N) is 2. The third-order valence-electron chi connectivity index (χ3n) is 4.52. The zero-order chi connectivity index (χ0) is 23.5. The molecule has 0 saturated heterocycles. The van der Waals surface area contributed by atoms with Crippen LogP contribution in [0.4, 0.5) is 5.69 Å². The lowest BCUT2D eigenvalue weighted by Crippen LogP contribution is -2.20. The van der Waals surface area contributed by atoms with E-state index < -0.39 is 0 Å². The van der Waals surface area contributed by atoms with Gasteiger partial charge in [0.2, 0.25) is 11.8 Å². The molecule has 0 fully saturated rings. The van der Waals surface area contributed by atoms with Gasteiger partial charge in [-0.15, -0.1) is 0 Å². The zero-order valence-corrected chi connectivity index (χ0v) is 18.8. The van der Waals surface area contributed by atoms with Crippen molar-refractivity contribution in [1.82, 2.24) is 5.43 Å². The predicted octanol–water partition coefficient (Wildman–Crippen LogP) is 4.80. The Hall–Kier alpha value is -3.84. The molecular weight excluding hydrogens is 442 g/mol. The molecule has 3 aromatic rings. The number of nitrogens with zero attached hydrogens (tertiary/aromatic N) is 1. The predicted molar refractivity (Wildman–Crippen MR) is 129 cm³/mol. The molecule has 2 N–H and O–H groups in total. The minimum Gasteiger partial charge on any atom is -0.493 e. The van der Waals surface area contributed by atoms with Crippen LogP contribution in [0.3, 0.4) is 0 Å². The van der Waals surface area contributed by atoms with Crippen molar-refractivity contribution in [2.24, 2.45) is 5.10 Å². The molecule has 0 aliphatic rings. The monoisotopic (exact) mass is 465 g/mol. The van der Waals surface area contributed by atoms with E-state index in [1.165, 1.54) is 6.21 Å². The van der Waals surface area contributed by atoms with Gasteiger partial charge in [-0.2, -0.15) is 5.10 Å². The van der Waals surface area contributed by atoms with E-state index in [1.54, 1.807) is 49.6 Å². The average Bonchev–Trinajstić information content (AvgIpc) is 2.82. The molecule has 33 heavy (non-hydrogen) atoms. The Morgan fingerprint density at radius 1 is 0.939 bits per heavy atom. The molecule has 2 amide bonds. The zero-order valence-electron chi connectivity index (χ0n) is 18.1. The second-order valence-electron chi connectivity index (χ2n) is 7.04. The fraction of sp³-hybridized carbons (Fsp3) is 0.160. The van der Waals surface area contributed by atoms with Crippen molar-refractivity contribution in [2.45, 2.75) is 19.4 Å². The summed E-state index contributed by atoms with van der Waals surface area (Å²) in [4.78, 5) is 23.9. The van der Waals surface area contributed by atoms with E-state index in [9.17, 15) is 9.59 Å². The van der Waals surface area contributed by atoms with Gasteiger partial charge in [0.15, 0.2) is 11.5 Å². The quantitative estimate of drug-likeness (QED) is 0.332. The van der Waals surface area contributed by atoms with Gasteiger partial charge in [0.05, 0.1) is 13.3 Å². The minimum atomic E-state index is -0.373. The number of hydrogen-bond donors (Lipinski definition) is 2. The van der Waals surface area contributed by atoms with Gasteiger partial charge in [-0.1, -0.05) is 48.0 Å². The summed E-state index contributed by atoms with van der Waals surface area (Å²) in [5, 5.41) is 7.16. The number of hydrogen-bond acceptors (Lipinski definition) is 5. The summed E-state index contributed by atoms with van der Waals surface area (Å²) < 4.78 is 11.2. The van der Waals surface area contributed by atoms with E-state index in [0.29, 0.717) is 28.8 Å². The molecule has 0 bridgehead atoms. The van der Waals surface area contributed by atoms with Crippen LogP contribution in [0.5, 0.6) is 11.5 Å². The van der Waals surface area contributed by atoms with Crippen LogP contribution in [-0.2, 0) is 16.2 Å². The molecule has 0 aliphatic heterocycles. The molecular formula is C25H24ClN3O4. The van der Waals surface area contributed by atoms with E-state index in [1.807, 2.05) is 30.3 Å². The highest BCUT2D eigenvalue weighted by molar-refractivity contribution is 6.30. The van der Waals surface area contributed by atoms with Crippen molar-refractivity contribution in [3.8, 4) is 11.5 Å². The summed E-state index contributed by atoms with van der Waals surface area (Å²) >= 11 is 5.89. The number of ether oxygens (including phenoxy) is 2. The number of halogens is 1. The van der Waals surface area contributed by atoms with Gasteiger partial charge in [0.1, 0.15) is 6.61 Å². The number of carbonyl (C=O) groups is 2. The van der Waals surface area contributed by atoms with Gasteiger partial charge in [-0.3, -0.25) is 9.59 Å². The fourth-order valence-electron chi connectivity index (χ4n) is 2.87. The average molecular weight is 466 g/mol. The van der Waals surface area contributed by atoms with Gasteiger partial charge >= 0.3 is 0 Å². The highest BCUT2D eigenvalue weighted by Gasteiger charge is 2.08. The number of methoxy groups -OCH3 is 1. The van der Waals surface area contributed by atoms with Crippen LogP contribution >= 0.6 is 11.6 Å². The Balaban J connectivity index is 1.45. The van der Waals surface area contributed by atoms with Crippen molar-refractivity contribution in [3.63, 3.8) is 0 Å². The van der Waals surface area contributed by atoms with Crippen molar-refractivity contribution >= 4 is 35.3 Å². The van der Waals surface area contributed by atoms with Gasteiger partial charge < -0.3 is 14.8 Å². The van der Waals surface area contributed by atoms with E-state index in [-0.39, 0.29) is 24.7 Å². The maximum absolute atomic E-state index is 12.0. The number of benzene rings is 3. The molecule has 0 atom stereocenters. The molecule has 0 spiro atoms. The van der Waals surface area contributed by atoms with E-state index in [4.69, 9.17) is 21.1 Å². The summed E-state index contributed by atoms with van der Waals surface area (Å²) in [6.07, 6.45) is 1.52. The number of hydrazone groups is 1. The van der Waals surface area contributed by atoms with Crippen LogP contribution in [0, 0.1) is 0 Å². The number of amides is 2. The first-order chi connectivity index (χ1) is 16.0. The lowest BCUT2D eigenvalue weighted by Gasteiger charge is -2.11. The number of rotatable bonds is 10. The normalized spacial score (nSPS) is 10.6. The smallest absolute Gasteiger partial charge is 0.240 e. The third kappa shape index (κ3) is 7.97. The first kappa shape index (κ1) is 23.8. The Kier molecular flexibility index (Phi) is 8.85. The van der Waals surface area contributed by atoms with Crippen molar-refractivity contribution in [1.29, 1.82) is 0 Å². The molecule has 0 aromatic heterocycles. The Morgan fingerprint density at radius 3 is 2.48 bits per heavy atom. The molecule has 3 rings (SSSR count). The number of anilines is 1. The number of carbonyl (C=O) groups excluding carboxylic acids is 2. The molecule has 8 heteroatoms. The first-order valence-corrected chi connectivity index (χ1v) is 10.6. The minimum absolute atomic E-state index is 0.000671. The highest BCUT2D eigenvalue weighted by Crippen LogP contribution is 2.28. The summed E-state index contributed by atoms with van der Waals surface area (Å²) in [6, 6.07) is 22.0. The molecule has 0 aliphatic carbocycles. The maximum atomic E-state index is 12.0. The van der Waals surface area contributed by atoms with Crippen LogP contribution in [0.25, 0.3) is 0 Å². The van der Waals surface area contributed by atoms with E-state index in [0.717, 1.165) is 11.1 Å². The Labute approximate surface area is 197 Å². The van der Waals surface area contributed by atoms with Gasteiger partial charge in [-0.25, -0.2) is 5.43 Å². The molecule has 0 radical (unpaired) electrons. The fourth-order valence-corrected chi connectivity index (χ4v) is 3.06. The van der Waals surface area contributed by atoms with Crippen molar-refractivity contribution in [2.75, 3.05) is 12.4 Å². The Morgan fingerprint density at radius 2 is 1.73 bits per heavy atom. The lowest BCUT2D eigenvalue weighted by molar-refractivity contribution is -0.124.